The third-order valence-electron chi connectivity index (χ3n) is 3.90. The molecule has 29 heavy (non-hydrogen) atoms. The number of amides is 2. The zero-order chi connectivity index (χ0) is 21.0. The molecule has 1 atom stereocenters. The number of anilines is 3. The number of hydrogen-bond acceptors (Lipinski definition) is 4. The molecular formula is C20H18ClN3O3S2. The van der Waals surface area contributed by atoms with Gasteiger partial charge in [0.25, 0.3) is 11.8 Å². The summed E-state index contributed by atoms with van der Waals surface area (Å²) in [5.74, 6) is -0.654. The van der Waals surface area contributed by atoms with Crippen molar-refractivity contribution in [3.63, 3.8) is 0 Å². The Kier molecular flexibility index (Phi) is 6.68. The Labute approximate surface area is 179 Å². The molecule has 0 spiro atoms. The second kappa shape index (κ2) is 9.21. The fraction of sp³-hybridized carbons (Fsp3) is 0.100. The van der Waals surface area contributed by atoms with Crippen molar-refractivity contribution in [2.24, 2.45) is 0 Å². The first-order valence-corrected chi connectivity index (χ1v) is 11.3. The fourth-order valence-electron chi connectivity index (χ4n) is 2.47. The van der Waals surface area contributed by atoms with Crippen molar-refractivity contribution < 1.29 is 13.8 Å². The van der Waals surface area contributed by atoms with Crippen molar-refractivity contribution in [2.75, 3.05) is 21.6 Å². The van der Waals surface area contributed by atoms with E-state index in [1.807, 2.05) is 13.0 Å². The topological polar surface area (TPSA) is 87.3 Å². The molecule has 1 aromatic heterocycles. The maximum absolute atomic E-state index is 12.5. The number of carbonyl (C=O) groups excluding carboxylic acids is 2. The van der Waals surface area contributed by atoms with Crippen LogP contribution in [0.4, 0.5) is 17.1 Å². The highest BCUT2D eigenvalue weighted by atomic mass is 35.5. The van der Waals surface area contributed by atoms with Crippen LogP contribution < -0.4 is 15.4 Å². The molecule has 2 amide bonds. The molecule has 150 valence electrons. The van der Waals surface area contributed by atoms with Gasteiger partial charge in [0.2, 0.25) is 0 Å². The van der Waals surface area contributed by atoms with E-state index in [1.54, 1.807) is 41.8 Å². The van der Waals surface area contributed by atoms with E-state index in [9.17, 15) is 13.8 Å². The number of hydrogen-bond donors (Lipinski definition) is 3. The molecule has 2 aromatic carbocycles. The molecule has 0 aliphatic carbocycles. The van der Waals surface area contributed by atoms with Crippen molar-refractivity contribution in [2.45, 2.75) is 6.92 Å². The summed E-state index contributed by atoms with van der Waals surface area (Å²) in [6.07, 6.45) is 1.52. The minimum Gasteiger partial charge on any atom is -0.322 e. The maximum Gasteiger partial charge on any atom is 0.265 e. The summed E-state index contributed by atoms with van der Waals surface area (Å²) in [5.41, 5.74) is 3.07. The van der Waals surface area contributed by atoms with Gasteiger partial charge in [0.05, 0.1) is 10.4 Å². The molecule has 3 aromatic rings. The summed E-state index contributed by atoms with van der Waals surface area (Å²) in [6, 6.07) is 13.7. The lowest BCUT2D eigenvalue weighted by atomic mass is 10.2. The largest absolute Gasteiger partial charge is 0.322 e. The number of rotatable bonds is 6. The highest BCUT2D eigenvalue weighted by Crippen LogP contribution is 2.23. The standard InChI is InChI=1S/C20H18ClN3O3S2/c1-12-6-7-15(10-17(12)21)22-19(25)13-8-18(28-11-13)20(26)23-14-4-3-5-16(9-14)24-29(2)27/h3-11,24H,1-2H3,(H,22,25)(H,23,26). The van der Waals surface area contributed by atoms with E-state index >= 15 is 0 Å². The molecule has 6 nitrogen and oxygen atoms in total. The van der Waals surface area contributed by atoms with Crippen LogP contribution in [-0.2, 0) is 11.0 Å². The van der Waals surface area contributed by atoms with E-state index in [2.05, 4.69) is 15.4 Å². The molecular weight excluding hydrogens is 430 g/mol. The number of carbonyl (C=O) groups is 2. The van der Waals surface area contributed by atoms with Gasteiger partial charge in [0.15, 0.2) is 0 Å². The van der Waals surface area contributed by atoms with Gasteiger partial charge in [0, 0.05) is 33.7 Å². The Hall–Kier alpha value is -2.68. The SMILES string of the molecule is Cc1ccc(NC(=O)c2csc(C(=O)Nc3cccc(NS(C)=O)c3)c2)cc1Cl. The van der Waals surface area contributed by atoms with E-state index in [0.717, 1.165) is 5.56 Å². The Morgan fingerprint density at radius 2 is 1.66 bits per heavy atom. The zero-order valence-corrected chi connectivity index (χ0v) is 18.0. The molecule has 1 unspecified atom stereocenters. The van der Waals surface area contributed by atoms with Crippen LogP contribution in [0.1, 0.15) is 25.6 Å². The summed E-state index contributed by atoms with van der Waals surface area (Å²) in [4.78, 5) is 25.3. The second-order valence-electron chi connectivity index (χ2n) is 6.21. The van der Waals surface area contributed by atoms with Crippen LogP contribution in [0, 0.1) is 6.92 Å². The van der Waals surface area contributed by atoms with E-state index in [4.69, 9.17) is 11.6 Å². The minimum absolute atomic E-state index is 0.322. The smallest absolute Gasteiger partial charge is 0.265 e. The van der Waals surface area contributed by atoms with Crippen LogP contribution >= 0.6 is 22.9 Å². The van der Waals surface area contributed by atoms with Crippen LogP contribution in [0.25, 0.3) is 0 Å². The third kappa shape index (κ3) is 5.66. The van der Waals surface area contributed by atoms with Gasteiger partial charge in [-0.25, -0.2) is 4.21 Å². The van der Waals surface area contributed by atoms with Crippen molar-refractivity contribution in [1.82, 2.24) is 0 Å². The average Bonchev–Trinajstić information content (AvgIpc) is 3.15. The highest BCUT2D eigenvalue weighted by Gasteiger charge is 2.14. The Balaban J connectivity index is 1.67. The Morgan fingerprint density at radius 1 is 0.966 bits per heavy atom. The molecule has 0 saturated carbocycles. The van der Waals surface area contributed by atoms with Crippen LogP contribution in [0.2, 0.25) is 5.02 Å². The maximum atomic E-state index is 12.5. The number of thiophene rings is 1. The van der Waals surface area contributed by atoms with E-state index in [-0.39, 0.29) is 11.8 Å². The lowest BCUT2D eigenvalue weighted by molar-refractivity contribution is 0.102. The average molecular weight is 448 g/mol. The minimum atomic E-state index is -1.21. The Morgan fingerprint density at radius 3 is 2.38 bits per heavy atom. The van der Waals surface area contributed by atoms with Gasteiger partial charge in [-0.1, -0.05) is 23.7 Å². The normalized spacial score (nSPS) is 11.6. The first-order chi connectivity index (χ1) is 13.8. The number of aryl methyl sites for hydroxylation is 1. The summed E-state index contributed by atoms with van der Waals surface area (Å²) in [6.45, 7) is 1.88. The van der Waals surface area contributed by atoms with Gasteiger partial charge >= 0.3 is 0 Å². The van der Waals surface area contributed by atoms with E-state index in [1.165, 1.54) is 23.7 Å². The van der Waals surface area contributed by atoms with E-state index in [0.29, 0.717) is 32.5 Å². The summed E-state index contributed by atoms with van der Waals surface area (Å²) >= 11 is 7.25. The molecule has 0 radical (unpaired) electrons. The van der Waals surface area contributed by atoms with Crippen molar-refractivity contribution in [3.05, 3.63) is 74.9 Å². The van der Waals surface area contributed by atoms with Gasteiger partial charge < -0.3 is 15.4 Å². The quantitative estimate of drug-likeness (QED) is 0.501. The highest BCUT2D eigenvalue weighted by molar-refractivity contribution is 7.85. The van der Waals surface area contributed by atoms with Gasteiger partial charge in [0.1, 0.15) is 11.0 Å². The van der Waals surface area contributed by atoms with Crippen LogP contribution in [-0.4, -0.2) is 22.3 Å². The molecule has 0 fully saturated rings. The fourth-order valence-corrected chi connectivity index (χ4v) is 3.89. The summed E-state index contributed by atoms with van der Waals surface area (Å²) in [7, 11) is -1.21. The van der Waals surface area contributed by atoms with E-state index < -0.39 is 11.0 Å². The van der Waals surface area contributed by atoms with Crippen LogP contribution in [0.15, 0.2) is 53.9 Å². The molecule has 0 aliphatic heterocycles. The lowest BCUT2D eigenvalue weighted by Crippen LogP contribution is -2.12. The van der Waals surface area contributed by atoms with Gasteiger partial charge in [-0.3, -0.25) is 9.59 Å². The number of benzene rings is 2. The van der Waals surface area contributed by atoms with Crippen molar-refractivity contribution in [3.8, 4) is 0 Å². The van der Waals surface area contributed by atoms with Gasteiger partial charge in [-0.2, -0.15) is 0 Å². The van der Waals surface area contributed by atoms with Crippen molar-refractivity contribution in [1.29, 1.82) is 0 Å². The molecule has 0 bridgehead atoms. The molecule has 9 heteroatoms. The molecule has 3 rings (SSSR count). The van der Waals surface area contributed by atoms with Gasteiger partial charge in [-0.05, 0) is 48.9 Å². The lowest BCUT2D eigenvalue weighted by Gasteiger charge is -2.07. The first-order valence-electron chi connectivity index (χ1n) is 8.49. The predicted molar refractivity (Wildman–Crippen MR) is 121 cm³/mol. The third-order valence-corrected chi connectivity index (χ3v) is 5.76. The van der Waals surface area contributed by atoms with Crippen molar-refractivity contribution >= 4 is 62.8 Å². The Bertz CT molecular complexity index is 1100. The monoisotopic (exact) mass is 447 g/mol. The number of nitrogens with one attached hydrogen (secondary N) is 3. The molecule has 1 heterocycles. The zero-order valence-electron chi connectivity index (χ0n) is 15.6. The van der Waals surface area contributed by atoms with Crippen LogP contribution in [0.3, 0.4) is 0 Å². The van der Waals surface area contributed by atoms with Crippen LogP contribution in [0.5, 0.6) is 0 Å². The predicted octanol–water partition coefficient (Wildman–Crippen LogP) is 4.92. The van der Waals surface area contributed by atoms with Gasteiger partial charge in [-0.15, -0.1) is 11.3 Å². The number of halogens is 1. The first kappa shape index (κ1) is 21.0. The molecule has 0 saturated heterocycles. The summed E-state index contributed by atoms with van der Waals surface area (Å²) < 4.78 is 14.0. The summed E-state index contributed by atoms with van der Waals surface area (Å²) in [5, 5.41) is 7.73. The molecule has 3 N–H and O–H groups in total. The second-order valence-corrected chi connectivity index (χ2v) is 8.64. The molecule has 0 aliphatic rings.